The van der Waals surface area contributed by atoms with Crippen molar-refractivity contribution in [3.8, 4) is 0 Å². The number of rotatable bonds is 5. The molecule has 0 aliphatic heterocycles. The maximum atomic E-state index is 13.9. The summed E-state index contributed by atoms with van der Waals surface area (Å²) in [6.07, 6.45) is 0. The number of likely N-dealkylation sites (N-methyl/N-ethyl adjacent to an activating group) is 1. The Balaban J connectivity index is 2.33. The Morgan fingerprint density at radius 3 is 2.43 bits per heavy atom. The van der Waals surface area contributed by atoms with E-state index in [-0.39, 0.29) is 18.2 Å². The summed E-state index contributed by atoms with van der Waals surface area (Å²) >= 11 is 1.58. The Hall–Kier alpha value is -1.37. The molecule has 6 heteroatoms. The van der Waals surface area contributed by atoms with Gasteiger partial charge >= 0.3 is 0 Å². The second-order valence-electron chi connectivity index (χ2n) is 4.90. The van der Waals surface area contributed by atoms with E-state index in [1.54, 1.807) is 18.4 Å². The smallest absolute Gasteiger partial charge is 0.161 e. The molecular weight excluding hydrogens is 297 g/mol. The highest BCUT2D eigenvalue weighted by Crippen LogP contribution is 2.32. The molecule has 1 aromatic carbocycles. The molecule has 114 valence electrons. The normalized spacial score (nSPS) is 14.4. The molecule has 0 bridgehead atoms. The molecule has 0 radical (unpaired) electrons. The summed E-state index contributed by atoms with van der Waals surface area (Å²) in [5, 5.41) is 1.95. The first kappa shape index (κ1) is 16.0. The molecule has 1 aromatic heterocycles. The van der Waals surface area contributed by atoms with Gasteiger partial charge in [0.1, 0.15) is 5.82 Å². The molecule has 0 spiro atoms. The van der Waals surface area contributed by atoms with Gasteiger partial charge in [-0.3, -0.25) is 4.90 Å². The van der Waals surface area contributed by atoms with Crippen molar-refractivity contribution >= 4 is 11.3 Å². The molecule has 2 nitrogen and oxygen atoms in total. The zero-order valence-corrected chi connectivity index (χ0v) is 12.6. The molecule has 0 amide bonds. The topological polar surface area (TPSA) is 29.3 Å². The Kier molecular flexibility index (Phi) is 5.03. The number of nitrogens with zero attached hydrogens (tertiary/aromatic N) is 1. The second-order valence-corrected chi connectivity index (χ2v) is 5.88. The molecule has 2 atom stereocenters. The minimum absolute atomic E-state index is 0.00827. The first-order valence-corrected chi connectivity index (χ1v) is 7.43. The van der Waals surface area contributed by atoms with E-state index in [0.717, 1.165) is 10.9 Å². The first-order valence-electron chi connectivity index (χ1n) is 6.55. The van der Waals surface area contributed by atoms with Gasteiger partial charge in [-0.2, -0.15) is 0 Å². The summed E-state index contributed by atoms with van der Waals surface area (Å²) in [6, 6.07) is 4.82. The van der Waals surface area contributed by atoms with Crippen molar-refractivity contribution in [2.75, 3.05) is 13.6 Å². The lowest BCUT2D eigenvalue weighted by Gasteiger charge is -2.32. The number of hydrogen-bond acceptors (Lipinski definition) is 3. The predicted octanol–water partition coefficient (Wildman–Crippen LogP) is 3.86. The highest BCUT2D eigenvalue weighted by Gasteiger charge is 2.25. The lowest BCUT2D eigenvalue weighted by Crippen LogP contribution is -2.33. The SMILES string of the molecule is CC(c1cccs1)N(C)C(CN)c1cc(F)c(F)cc1F. The number of nitrogens with two attached hydrogens (primary N) is 1. The molecule has 0 aliphatic rings. The molecule has 21 heavy (non-hydrogen) atoms. The van der Waals surface area contributed by atoms with Gasteiger partial charge < -0.3 is 5.73 Å². The van der Waals surface area contributed by atoms with Crippen LogP contribution in [-0.4, -0.2) is 18.5 Å². The van der Waals surface area contributed by atoms with E-state index < -0.39 is 23.5 Å². The summed E-state index contributed by atoms with van der Waals surface area (Å²) in [5.74, 6) is -3.04. The Morgan fingerprint density at radius 1 is 1.19 bits per heavy atom. The van der Waals surface area contributed by atoms with Gasteiger partial charge in [0.25, 0.3) is 0 Å². The fourth-order valence-corrected chi connectivity index (χ4v) is 3.14. The number of benzene rings is 1. The number of halogens is 3. The molecular formula is C15H17F3N2S. The number of hydrogen-bond donors (Lipinski definition) is 1. The van der Waals surface area contributed by atoms with Gasteiger partial charge in [0, 0.05) is 29.1 Å². The largest absolute Gasteiger partial charge is 0.329 e. The van der Waals surface area contributed by atoms with Crippen LogP contribution in [0.25, 0.3) is 0 Å². The van der Waals surface area contributed by atoms with E-state index in [2.05, 4.69) is 0 Å². The molecule has 0 saturated carbocycles. The zero-order chi connectivity index (χ0) is 15.6. The summed E-state index contributed by atoms with van der Waals surface area (Å²) in [6.45, 7) is 2.07. The van der Waals surface area contributed by atoms with Crippen LogP contribution in [0.15, 0.2) is 29.6 Å². The summed E-state index contributed by atoms with van der Waals surface area (Å²) in [4.78, 5) is 2.96. The van der Waals surface area contributed by atoms with Crippen molar-refractivity contribution in [2.24, 2.45) is 5.73 Å². The van der Waals surface area contributed by atoms with Crippen LogP contribution in [-0.2, 0) is 0 Å². The maximum Gasteiger partial charge on any atom is 0.161 e. The minimum Gasteiger partial charge on any atom is -0.329 e. The molecule has 2 aromatic rings. The third-order valence-electron chi connectivity index (χ3n) is 3.68. The molecule has 0 aliphatic carbocycles. The van der Waals surface area contributed by atoms with E-state index >= 15 is 0 Å². The van der Waals surface area contributed by atoms with Gasteiger partial charge in [0.05, 0.1) is 6.04 Å². The van der Waals surface area contributed by atoms with E-state index in [0.29, 0.717) is 6.07 Å². The van der Waals surface area contributed by atoms with Gasteiger partial charge in [-0.25, -0.2) is 13.2 Å². The highest BCUT2D eigenvalue weighted by atomic mass is 32.1. The summed E-state index contributed by atoms with van der Waals surface area (Å²) in [7, 11) is 1.79. The summed E-state index contributed by atoms with van der Waals surface area (Å²) < 4.78 is 40.4. The third kappa shape index (κ3) is 3.28. The Bertz CT molecular complexity index is 601. The predicted molar refractivity (Wildman–Crippen MR) is 78.6 cm³/mol. The van der Waals surface area contributed by atoms with Gasteiger partial charge in [0.2, 0.25) is 0 Å². The number of thiophene rings is 1. The second kappa shape index (κ2) is 6.60. The van der Waals surface area contributed by atoms with Crippen molar-refractivity contribution in [2.45, 2.75) is 19.0 Å². The Morgan fingerprint density at radius 2 is 1.86 bits per heavy atom. The van der Waals surface area contributed by atoms with Crippen molar-refractivity contribution in [1.29, 1.82) is 0 Å². The molecule has 0 fully saturated rings. The van der Waals surface area contributed by atoms with Gasteiger partial charge in [-0.1, -0.05) is 6.07 Å². The first-order chi connectivity index (χ1) is 9.95. The van der Waals surface area contributed by atoms with Crippen LogP contribution in [0.3, 0.4) is 0 Å². The van der Waals surface area contributed by atoms with Crippen LogP contribution in [0.1, 0.15) is 29.4 Å². The van der Waals surface area contributed by atoms with Crippen LogP contribution in [0.4, 0.5) is 13.2 Å². The van der Waals surface area contributed by atoms with Crippen LogP contribution in [0.5, 0.6) is 0 Å². The fourth-order valence-electron chi connectivity index (χ4n) is 2.31. The lowest BCUT2D eigenvalue weighted by atomic mass is 10.0. The minimum atomic E-state index is -1.19. The quantitative estimate of drug-likeness (QED) is 0.849. The molecule has 0 saturated heterocycles. The third-order valence-corrected chi connectivity index (χ3v) is 4.72. The van der Waals surface area contributed by atoms with E-state index in [1.807, 2.05) is 29.3 Å². The lowest BCUT2D eigenvalue weighted by molar-refractivity contribution is 0.188. The van der Waals surface area contributed by atoms with Gasteiger partial charge in [-0.15, -0.1) is 11.3 Å². The van der Waals surface area contributed by atoms with Crippen molar-refractivity contribution in [3.05, 3.63) is 57.5 Å². The fraction of sp³-hybridized carbons (Fsp3) is 0.333. The standard InChI is InChI=1S/C15H17F3N2S/c1-9(15-4-3-5-21-15)20(2)14(8-19)10-6-12(17)13(18)7-11(10)16/h3-7,9,14H,8,19H2,1-2H3. The van der Waals surface area contributed by atoms with Crippen LogP contribution in [0, 0.1) is 17.5 Å². The van der Waals surface area contributed by atoms with Crippen molar-refractivity contribution < 1.29 is 13.2 Å². The van der Waals surface area contributed by atoms with E-state index in [1.165, 1.54) is 0 Å². The van der Waals surface area contributed by atoms with Crippen LogP contribution in [0.2, 0.25) is 0 Å². The van der Waals surface area contributed by atoms with Crippen LogP contribution >= 0.6 is 11.3 Å². The van der Waals surface area contributed by atoms with Crippen LogP contribution < -0.4 is 5.73 Å². The average Bonchev–Trinajstić information content (AvgIpc) is 2.98. The Labute approximate surface area is 126 Å². The molecule has 1 heterocycles. The van der Waals surface area contributed by atoms with Crippen molar-refractivity contribution in [1.82, 2.24) is 4.90 Å². The van der Waals surface area contributed by atoms with E-state index in [4.69, 9.17) is 5.73 Å². The molecule has 2 unspecified atom stereocenters. The van der Waals surface area contributed by atoms with Crippen molar-refractivity contribution in [3.63, 3.8) is 0 Å². The molecule has 2 N–H and O–H groups in total. The maximum absolute atomic E-state index is 13.9. The highest BCUT2D eigenvalue weighted by molar-refractivity contribution is 7.10. The monoisotopic (exact) mass is 314 g/mol. The summed E-state index contributed by atoms with van der Waals surface area (Å²) in [5.41, 5.74) is 5.80. The van der Waals surface area contributed by atoms with E-state index in [9.17, 15) is 13.2 Å². The zero-order valence-electron chi connectivity index (χ0n) is 11.8. The van der Waals surface area contributed by atoms with Gasteiger partial charge in [0.15, 0.2) is 11.6 Å². The van der Waals surface area contributed by atoms with Gasteiger partial charge in [-0.05, 0) is 31.5 Å². The average molecular weight is 314 g/mol. The molecule has 2 rings (SSSR count).